The van der Waals surface area contributed by atoms with Crippen LogP contribution in [0.1, 0.15) is 48.6 Å². The van der Waals surface area contributed by atoms with Crippen molar-refractivity contribution in [1.29, 1.82) is 0 Å². The molecule has 1 amide bonds. The lowest BCUT2D eigenvalue weighted by Crippen LogP contribution is -2.45. The van der Waals surface area contributed by atoms with Gasteiger partial charge in [-0.3, -0.25) is 0 Å². The Balaban J connectivity index is 1.84. The van der Waals surface area contributed by atoms with E-state index in [9.17, 15) is 9.59 Å². The molecule has 2 aromatic carbocycles. The lowest BCUT2D eigenvalue weighted by Gasteiger charge is -2.23. The van der Waals surface area contributed by atoms with Crippen molar-refractivity contribution in [1.82, 2.24) is 5.32 Å². The molecule has 1 heterocycles. The fourth-order valence-electron chi connectivity index (χ4n) is 4.59. The number of esters is 1. The molecule has 1 aliphatic heterocycles. The van der Waals surface area contributed by atoms with Gasteiger partial charge in [0, 0.05) is 6.42 Å². The lowest BCUT2D eigenvalue weighted by molar-refractivity contribution is -0.425. The lowest BCUT2D eigenvalue weighted by atomic mass is 10.0. The molecule has 0 bridgehead atoms. The van der Waals surface area contributed by atoms with Gasteiger partial charge >= 0.3 is 12.1 Å². The first-order valence-electron chi connectivity index (χ1n) is 12.0. The minimum absolute atomic E-state index is 0.299. The van der Waals surface area contributed by atoms with Crippen molar-refractivity contribution in [2.45, 2.75) is 66.5 Å². The molecule has 7 nitrogen and oxygen atoms in total. The topological polar surface area (TPSA) is 70.9 Å². The first kappa shape index (κ1) is 26.3. The maximum atomic E-state index is 12.4. The van der Waals surface area contributed by atoms with Gasteiger partial charge in [-0.1, -0.05) is 29.8 Å². The fourth-order valence-corrected chi connectivity index (χ4v) is 4.59. The van der Waals surface area contributed by atoms with Crippen molar-refractivity contribution < 1.29 is 23.6 Å². The standard InChI is InChI=1S/C28H37N3O4/c1-18-13-20(3)25(21(4)14-18)31-12-11-30(17-31)24-16-22(10-9-19(24)2)15-23(26(32)34-8)29-27(33)35-28(5,6)7/h9-10,13-14,16-17,23H,11-12,15H2,1-8H3/p+1/t23-/m0/s1. The summed E-state index contributed by atoms with van der Waals surface area (Å²) in [6.45, 7) is 15.6. The van der Waals surface area contributed by atoms with Crippen molar-refractivity contribution >= 4 is 29.8 Å². The Morgan fingerprint density at radius 2 is 1.71 bits per heavy atom. The average molecular weight is 481 g/mol. The van der Waals surface area contributed by atoms with Crippen LogP contribution in [0.25, 0.3) is 0 Å². The smallest absolute Gasteiger partial charge is 0.408 e. The third-order valence-electron chi connectivity index (χ3n) is 5.98. The van der Waals surface area contributed by atoms with Gasteiger partial charge in [0.1, 0.15) is 36.1 Å². The van der Waals surface area contributed by atoms with E-state index in [1.165, 1.54) is 29.5 Å². The van der Waals surface area contributed by atoms with Crippen LogP contribution in [-0.4, -0.2) is 54.8 Å². The number of hydrogen-bond donors (Lipinski definition) is 1. The van der Waals surface area contributed by atoms with Crippen LogP contribution in [0, 0.1) is 27.7 Å². The summed E-state index contributed by atoms with van der Waals surface area (Å²) in [5.41, 5.74) is 7.52. The maximum absolute atomic E-state index is 12.4. The van der Waals surface area contributed by atoms with Gasteiger partial charge in [0.15, 0.2) is 0 Å². The Bertz CT molecular complexity index is 1120. The second-order valence-electron chi connectivity index (χ2n) is 10.3. The average Bonchev–Trinajstić information content (AvgIpc) is 3.21. The zero-order valence-corrected chi connectivity index (χ0v) is 22.2. The third kappa shape index (κ3) is 6.62. The molecule has 0 aliphatic carbocycles. The quantitative estimate of drug-likeness (QED) is 0.479. The van der Waals surface area contributed by atoms with Gasteiger partial charge in [0.25, 0.3) is 0 Å². The number of benzene rings is 2. The number of amides is 1. The Hall–Kier alpha value is -3.35. The van der Waals surface area contributed by atoms with Gasteiger partial charge < -0.3 is 14.8 Å². The Labute approximate surface area is 208 Å². The van der Waals surface area contributed by atoms with Gasteiger partial charge in [0.05, 0.1) is 7.11 Å². The van der Waals surface area contributed by atoms with E-state index in [0.717, 1.165) is 29.9 Å². The molecule has 0 unspecified atom stereocenters. The molecule has 3 rings (SSSR count). The van der Waals surface area contributed by atoms with Crippen LogP contribution in [0.3, 0.4) is 0 Å². The van der Waals surface area contributed by atoms with E-state index < -0.39 is 23.7 Å². The zero-order chi connectivity index (χ0) is 25.9. The number of anilines is 1. The Morgan fingerprint density at radius 1 is 1.06 bits per heavy atom. The van der Waals surface area contributed by atoms with E-state index in [1.54, 1.807) is 20.8 Å². The summed E-state index contributed by atoms with van der Waals surface area (Å²) in [5, 5.41) is 2.66. The predicted octanol–water partition coefficient (Wildman–Crippen LogP) is 4.72. The number of carbonyl (C=O) groups excluding carboxylic acids is 2. The Kier molecular flexibility index (Phi) is 7.88. The van der Waals surface area contributed by atoms with Crippen molar-refractivity contribution in [3.05, 3.63) is 58.1 Å². The van der Waals surface area contributed by atoms with Crippen LogP contribution in [0.5, 0.6) is 0 Å². The maximum Gasteiger partial charge on any atom is 0.408 e. The molecular formula is C28H38N3O4+. The minimum Gasteiger partial charge on any atom is -0.467 e. The van der Waals surface area contributed by atoms with Crippen LogP contribution in [0.2, 0.25) is 0 Å². The number of nitrogens with zero attached hydrogens (tertiary/aromatic N) is 2. The molecule has 0 fully saturated rings. The summed E-state index contributed by atoms with van der Waals surface area (Å²) >= 11 is 0. The molecule has 2 aromatic rings. The number of rotatable bonds is 6. The van der Waals surface area contributed by atoms with E-state index in [4.69, 9.17) is 9.47 Å². The summed E-state index contributed by atoms with van der Waals surface area (Å²) in [5.74, 6) is -0.512. The van der Waals surface area contributed by atoms with E-state index in [-0.39, 0.29) is 0 Å². The number of methoxy groups -OCH3 is 1. The van der Waals surface area contributed by atoms with Crippen molar-refractivity contribution in [2.75, 3.05) is 25.1 Å². The normalized spacial score (nSPS) is 14.4. The molecule has 7 heteroatoms. The van der Waals surface area contributed by atoms with Gasteiger partial charge in [-0.15, -0.1) is 0 Å². The highest BCUT2D eigenvalue weighted by molar-refractivity contribution is 5.82. The number of nitrogens with one attached hydrogen (secondary N) is 1. The summed E-state index contributed by atoms with van der Waals surface area (Å²) in [6, 6.07) is 9.70. The highest BCUT2D eigenvalue weighted by atomic mass is 16.6. The van der Waals surface area contributed by atoms with Crippen LogP contribution in [0.4, 0.5) is 16.2 Å². The molecular weight excluding hydrogens is 442 g/mol. The van der Waals surface area contributed by atoms with Crippen LogP contribution in [0.15, 0.2) is 30.3 Å². The molecule has 1 aliphatic rings. The second-order valence-corrected chi connectivity index (χ2v) is 10.3. The fraction of sp³-hybridized carbons (Fsp3) is 0.464. The van der Waals surface area contributed by atoms with Gasteiger partial charge in [-0.05, 0) is 76.8 Å². The van der Waals surface area contributed by atoms with Gasteiger partial charge in [-0.25, -0.2) is 19.1 Å². The monoisotopic (exact) mass is 480 g/mol. The number of alkyl carbamates (subject to hydrolysis) is 1. The van der Waals surface area contributed by atoms with Crippen LogP contribution in [-0.2, 0) is 20.7 Å². The van der Waals surface area contributed by atoms with Crippen molar-refractivity contribution in [3.8, 4) is 0 Å². The SMILES string of the molecule is COC(=O)[C@H](Cc1ccc(C)c(N2C=[N+](c3c(C)cc(C)cc3C)CC2)c1)NC(=O)OC(C)(C)C. The highest BCUT2D eigenvalue weighted by Crippen LogP contribution is 2.29. The molecule has 0 spiro atoms. The zero-order valence-electron chi connectivity index (χ0n) is 22.2. The number of carbonyl (C=O) groups is 2. The van der Waals surface area contributed by atoms with Crippen molar-refractivity contribution in [2.24, 2.45) is 0 Å². The molecule has 0 saturated heterocycles. The molecule has 1 atom stereocenters. The number of ether oxygens (including phenoxy) is 2. The van der Waals surface area contributed by atoms with Crippen molar-refractivity contribution in [3.63, 3.8) is 0 Å². The van der Waals surface area contributed by atoms with Gasteiger partial charge in [-0.2, -0.15) is 0 Å². The largest absolute Gasteiger partial charge is 0.467 e. The molecule has 0 aromatic heterocycles. The molecule has 1 N–H and O–H groups in total. The summed E-state index contributed by atoms with van der Waals surface area (Å²) in [6.07, 6.45) is 1.81. The summed E-state index contributed by atoms with van der Waals surface area (Å²) < 4.78 is 12.6. The number of hydrogen-bond acceptors (Lipinski definition) is 5. The van der Waals surface area contributed by atoms with E-state index >= 15 is 0 Å². The van der Waals surface area contributed by atoms with E-state index in [1.807, 2.05) is 12.1 Å². The molecule has 0 radical (unpaired) electrons. The second kappa shape index (κ2) is 10.5. The molecule has 35 heavy (non-hydrogen) atoms. The first-order valence-corrected chi connectivity index (χ1v) is 12.0. The molecule has 188 valence electrons. The van der Waals surface area contributed by atoms with Crippen LogP contribution >= 0.6 is 0 Å². The highest BCUT2D eigenvalue weighted by Gasteiger charge is 2.28. The van der Waals surface area contributed by atoms with Gasteiger partial charge in [0.2, 0.25) is 6.34 Å². The van der Waals surface area contributed by atoms with Crippen LogP contribution < -0.4 is 10.2 Å². The predicted molar refractivity (Wildman–Crippen MR) is 139 cm³/mol. The van der Waals surface area contributed by atoms with E-state index in [2.05, 4.69) is 67.0 Å². The minimum atomic E-state index is -0.845. The first-order chi connectivity index (χ1) is 16.4. The summed E-state index contributed by atoms with van der Waals surface area (Å²) in [7, 11) is 1.31. The Morgan fingerprint density at radius 3 is 2.31 bits per heavy atom. The third-order valence-corrected chi connectivity index (χ3v) is 5.98. The van der Waals surface area contributed by atoms with E-state index in [0.29, 0.717) is 6.42 Å². The summed E-state index contributed by atoms with van der Waals surface area (Å²) in [4.78, 5) is 26.9. The number of aryl methyl sites for hydroxylation is 4. The molecule has 0 saturated carbocycles.